The number of ether oxygens (including phenoxy) is 1. The SMILES string of the molecule is CCOc1cccc(CNCCc2c[nH]c3ccccc23)c1. The van der Waals surface area contributed by atoms with E-state index in [1.54, 1.807) is 0 Å². The maximum atomic E-state index is 5.53. The molecule has 0 amide bonds. The second kappa shape index (κ2) is 7.14. The number of benzene rings is 2. The van der Waals surface area contributed by atoms with Crippen molar-refractivity contribution in [3.05, 3.63) is 65.9 Å². The highest BCUT2D eigenvalue weighted by Crippen LogP contribution is 2.18. The summed E-state index contributed by atoms with van der Waals surface area (Å²) < 4.78 is 5.53. The zero-order valence-corrected chi connectivity index (χ0v) is 12.9. The summed E-state index contributed by atoms with van der Waals surface area (Å²) in [6.45, 7) is 4.54. The second-order valence-electron chi connectivity index (χ2n) is 5.37. The van der Waals surface area contributed by atoms with E-state index in [0.29, 0.717) is 6.61 Å². The molecule has 3 aromatic rings. The lowest BCUT2D eigenvalue weighted by Crippen LogP contribution is -2.16. The van der Waals surface area contributed by atoms with Crippen LogP contribution in [0, 0.1) is 0 Å². The number of para-hydroxylation sites is 1. The summed E-state index contributed by atoms with van der Waals surface area (Å²) in [5, 5.41) is 4.83. The summed E-state index contributed by atoms with van der Waals surface area (Å²) in [7, 11) is 0. The fourth-order valence-electron chi connectivity index (χ4n) is 2.71. The van der Waals surface area contributed by atoms with Gasteiger partial charge in [-0.05, 0) is 49.2 Å². The third-order valence-corrected chi connectivity index (χ3v) is 3.78. The highest BCUT2D eigenvalue weighted by molar-refractivity contribution is 5.83. The zero-order valence-electron chi connectivity index (χ0n) is 12.9. The molecular weight excluding hydrogens is 272 g/mol. The molecule has 0 aliphatic rings. The predicted molar refractivity (Wildman–Crippen MR) is 91.3 cm³/mol. The van der Waals surface area contributed by atoms with Crippen LogP contribution in [0.5, 0.6) is 5.75 Å². The van der Waals surface area contributed by atoms with E-state index in [2.05, 4.69) is 52.9 Å². The van der Waals surface area contributed by atoms with Gasteiger partial charge >= 0.3 is 0 Å². The quantitative estimate of drug-likeness (QED) is 0.648. The topological polar surface area (TPSA) is 37.0 Å². The summed E-state index contributed by atoms with van der Waals surface area (Å²) in [6, 6.07) is 16.7. The van der Waals surface area contributed by atoms with E-state index >= 15 is 0 Å². The highest BCUT2D eigenvalue weighted by atomic mass is 16.5. The average molecular weight is 294 g/mol. The van der Waals surface area contributed by atoms with Crippen LogP contribution in [-0.4, -0.2) is 18.1 Å². The van der Waals surface area contributed by atoms with Gasteiger partial charge in [0.25, 0.3) is 0 Å². The van der Waals surface area contributed by atoms with Gasteiger partial charge in [-0.15, -0.1) is 0 Å². The summed E-state index contributed by atoms with van der Waals surface area (Å²) >= 11 is 0. The number of H-pyrrole nitrogens is 1. The van der Waals surface area contributed by atoms with Gasteiger partial charge in [-0.3, -0.25) is 0 Å². The van der Waals surface area contributed by atoms with Gasteiger partial charge in [0.2, 0.25) is 0 Å². The molecule has 114 valence electrons. The van der Waals surface area contributed by atoms with E-state index in [1.165, 1.54) is 22.0 Å². The molecule has 0 atom stereocenters. The fraction of sp³-hybridized carbons (Fsp3) is 0.263. The van der Waals surface area contributed by atoms with E-state index in [-0.39, 0.29) is 0 Å². The van der Waals surface area contributed by atoms with Gasteiger partial charge in [0, 0.05) is 23.6 Å². The minimum Gasteiger partial charge on any atom is -0.494 e. The van der Waals surface area contributed by atoms with Crippen molar-refractivity contribution < 1.29 is 4.74 Å². The lowest BCUT2D eigenvalue weighted by molar-refractivity contribution is 0.340. The van der Waals surface area contributed by atoms with Crippen molar-refractivity contribution in [2.24, 2.45) is 0 Å². The Kier molecular flexibility index (Phi) is 4.76. The van der Waals surface area contributed by atoms with E-state index < -0.39 is 0 Å². The van der Waals surface area contributed by atoms with Crippen LogP contribution in [0.2, 0.25) is 0 Å². The number of aromatic amines is 1. The molecule has 0 spiro atoms. The van der Waals surface area contributed by atoms with Crippen molar-refractivity contribution >= 4 is 10.9 Å². The Morgan fingerprint density at radius 3 is 2.91 bits per heavy atom. The molecule has 0 radical (unpaired) electrons. The summed E-state index contributed by atoms with van der Waals surface area (Å²) in [6.07, 6.45) is 3.14. The largest absolute Gasteiger partial charge is 0.494 e. The minimum absolute atomic E-state index is 0.706. The Labute approximate surface area is 131 Å². The van der Waals surface area contributed by atoms with Gasteiger partial charge < -0.3 is 15.0 Å². The average Bonchev–Trinajstić information content (AvgIpc) is 2.96. The van der Waals surface area contributed by atoms with Crippen LogP contribution in [0.4, 0.5) is 0 Å². The smallest absolute Gasteiger partial charge is 0.119 e. The molecule has 0 unspecified atom stereocenters. The Bertz CT molecular complexity index is 733. The number of rotatable bonds is 7. The molecule has 2 N–H and O–H groups in total. The normalized spacial score (nSPS) is 11.0. The van der Waals surface area contributed by atoms with Gasteiger partial charge in [-0.2, -0.15) is 0 Å². The molecule has 0 bridgehead atoms. The minimum atomic E-state index is 0.706. The van der Waals surface area contributed by atoms with Crippen LogP contribution in [0.1, 0.15) is 18.1 Å². The van der Waals surface area contributed by atoms with Gasteiger partial charge in [0.1, 0.15) is 5.75 Å². The van der Waals surface area contributed by atoms with Crippen molar-refractivity contribution in [3.63, 3.8) is 0 Å². The molecule has 3 heteroatoms. The lowest BCUT2D eigenvalue weighted by Gasteiger charge is -2.07. The van der Waals surface area contributed by atoms with Gasteiger partial charge in [-0.1, -0.05) is 30.3 Å². The molecule has 0 aliphatic carbocycles. The first kappa shape index (κ1) is 14.7. The maximum absolute atomic E-state index is 5.53. The molecule has 0 fully saturated rings. The summed E-state index contributed by atoms with van der Waals surface area (Å²) in [4.78, 5) is 3.32. The van der Waals surface area contributed by atoms with Crippen molar-refractivity contribution in [2.45, 2.75) is 19.9 Å². The molecule has 1 heterocycles. The predicted octanol–water partition coefficient (Wildman–Crippen LogP) is 3.90. The van der Waals surface area contributed by atoms with Gasteiger partial charge in [0.15, 0.2) is 0 Å². The molecular formula is C19H22N2O. The first-order valence-corrected chi connectivity index (χ1v) is 7.84. The van der Waals surface area contributed by atoms with Crippen LogP contribution in [0.3, 0.4) is 0 Å². The molecule has 0 saturated heterocycles. The molecule has 3 nitrogen and oxygen atoms in total. The molecule has 22 heavy (non-hydrogen) atoms. The zero-order chi connectivity index (χ0) is 15.2. The van der Waals surface area contributed by atoms with Crippen LogP contribution in [-0.2, 0) is 13.0 Å². The van der Waals surface area contributed by atoms with E-state index in [4.69, 9.17) is 4.74 Å². The number of hydrogen-bond donors (Lipinski definition) is 2. The first-order valence-electron chi connectivity index (χ1n) is 7.84. The van der Waals surface area contributed by atoms with Crippen LogP contribution in [0.15, 0.2) is 54.7 Å². The second-order valence-corrected chi connectivity index (χ2v) is 5.37. The lowest BCUT2D eigenvalue weighted by atomic mass is 10.1. The van der Waals surface area contributed by atoms with Crippen LogP contribution < -0.4 is 10.1 Å². The third-order valence-electron chi connectivity index (χ3n) is 3.78. The van der Waals surface area contributed by atoms with Gasteiger partial charge in [-0.25, -0.2) is 0 Å². The van der Waals surface area contributed by atoms with Crippen LogP contribution in [0.25, 0.3) is 10.9 Å². The summed E-state index contributed by atoms with van der Waals surface area (Å²) in [5.41, 5.74) is 3.83. The van der Waals surface area contributed by atoms with Crippen molar-refractivity contribution in [2.75, 3.05) is 13.2 Å². The third kappa shape index (κ3) is 3.49. The molecule has 2 aromatic carbocycles. The Morgan fingerprint density at radius 2 is 2.00 bits per heavy atom. The monoisotopic (exact) mass is 294 g/mol. The standard InChI is InChI=1S/C19H22N2O/c1-2-22-17-7-5-6-15(12-17)13-20-11-10-16-14-21-19-9-4-3-8-18(16)19/h3-9,12,14,20-21H,2,10-11,13H2,1H3. The molecule has 1 aromatic heterocycles. The molecule has 3 rings (SSSR count). The Morgan fingerprint density at radius 1 is 1.09 bits per heavy atom. The summed E-state index contributed by atoms with van der Waals surface area (Å²) in [5.74, 6) is 0.943. The number of nitrogens with one attached hydrogen (secondary N) is 2. The molecule has 0 aliphatic heterocycles. The van der Waals surface area contributed by atoms with Crippen LogP contribution >= 0.6 is 0 Å². The van der Waals surface area contributed by atoms with E-state index in [1.807, 2.05) is 19.1 Å². The molecule has 0 saturated carbocycles. The fourth-order valence-corrected chi connectivity index (χ4v) is 2.71. The Balaban J connectivity index is 1.52. The van der Waals surface area contributed by atoms with Crippen molar-refractivity contribution in [1.29, 1.82) is 0 Å². The highest BCUT2D eigenvalue weighted by Gasteiger charge is 2.02. The Hall–Kier alpha value is -2.26. The number of fused-ring (bicyclic) bond motifs is 1. The van der Waals surface area contributed by atoms with Crippen molar-refractivity contribution in [3.8, 4) is 5.75 Å². The number of hydrogen-bond acceptors (Lipinski definition) is 2. The van der Waals surface area contributed by atoms with E-state index in [0.717, 1.165) is 25.3 Å². The maximum Gasteiger partial charge on any atom is 0.119 e. The first-order chi connectivity index (χ1) is 10.9. The van der Waals surface area contributed by atoms with Crippen molar-refractivity contribution in [1.82, 2.24) is 10.3 Å². The van der Waals surface area contributed by atoms with E-state index in [9.17, 15) is 0 Å². The number of aromatic nitrogens is 1. The van der Waals surface area contributed by atoms with Gasteiger partial charge in [0.05, 0.1) is 6.61 Å².